The Morgan fingerprint density at radius 3 is 2.59 bits per heavy atom. The molecular formula is C22H31ClN4O2. The van der Waals surface area contributed by atoms with E-state index < -0.39 is 0 Å². The molecule has 2 heterocycles. The van der Waals surface area contributed by atoms with Gasteiger partial charge < -0.3 is 15.0 Å². The minimum Gasteiger partial charge on any atom is -0.491 e. The molecule has 29 heavy (non-hydrogen) atoms. The van der Waals surface area contributed by atoms with Crippen LogP contribution in [0.2, 0.25) is 5.02 Å². The van der Waals surface area contributed by atoms with Gasteiger partial charge in [-0.05, 0) is 18.6 Å². The van der Waals surface area contributed by atoms with E-state index >= 15 is 0 Å². The van der Waals surface area contributed by atoms with Gasteiger partial charge in [0.25, 0.3) is 5.56 Å². The maximum Gasteiger partial charge on any atom is 0.292 e. The predicted octanol–water partition coefficient (Wildman–Crippen LogP) is 4.03. The van der Waals surface area contributed by atoms with Gasteiger partial charge in [-0.15, -0.1) is 0 Å². The summed E-state index contributed by atoms with van der Waals surface area (Å²) < 4.78 is 7.32. The number of hydrogen-bond acceptors (Lipinski definition) is 5. The second-order valence-corrected chi connectivity index (χ2v) is 7.76. The smallest absolute Gasteiger partial charge is 0.292 e. The molecule has 0 amide bonds. The number of para-hydroxylation sites is 2. The third-order valence-electron chi connectivity index (χ3n) is 5.21. The van der Waals surface area contributed by atoms with Crippen molar-refractivity contribution in [1.29, 1.82) is 0 Å². The lowest BCUT2D eigenvalue weighted by Crippen LogP contribution is -2.44. The molecule has 1 aromatic carbocycles. The maximum atomic E-state index is 12.9. The average molecular weight is 419 g/mol. The summed E-state index contributed by atoms with van der Waals surface area (Å²) in [6, 6.07) is 7.49. The second-order valence-electron chi connectivity index (χ2n) is 7.38. The van der Waals surface area contributed by atoms with Crippen molar-refractivity contribution in [2.24, 2.45) is 0 Å². The van der Waals surface area contributed by atoms with Crippen molar-refractivity contribution >= 4 is 17.3 Å². The Hall–Kier alpha value is -2.05. The SMILES string of the molecule is CCCCCCCCOc1ccccc1-n1ncc(N2CCNCC2)c(Cl)c1=O. The van der Waals surface area contributed by atoms with Gasteiger partial charge in [-0.2, -0.15) is 9.78 Å². The van der Waals surface area contributed by atoms with Gasteiger partial charge in [0.2, 0.25) is 0 Å². The highest BCUT2D eigenvalue weighted by molar-refractivity contribution is 6.33. The fraction of sp³-hybridized carbons (Fsp3) is 0.545. The zero-order valence-electron chi connectivity index (χ0n) is 17.2. The van der Waals surface area contributed by atoms with Crippen LogP contribution in [0, 0.1) is 0 Å². The van der Waals surface area contributed by atoms with Gasteiger partial charge in [-0.1, -0.05) is 62.8 Å². The molecule has 1 aromatic heterocycles. The predicted molar refractivity (Wildman–Crippen MR) is 119 cm³/mol. The van der Waals surface area contributed by atoms with Crippen molar-refractivity contribution in [3.05, 3.63) is 45.8 Å². The quantitative estimate of drug-likeness (QED) is 0.590. The molecule has 158 valence electrons. The van der Waals surface area contributed by atoms with Crippen LogP contribution in [0.15, 0.2) is 35.3 Å². The summed E-state index contributed by atoms with van der Waals surface area (Å²) in [5.74, 6) is 0.654. The van der Waals surface area contributed by atoms with E-state index in [0.29, 0.717) is 23.7 Å². The van der Waals surface area contributed by atoms with Crippen LogP contribution in [-0.4, -0.2) is 42.6 Å². The van der Waals surface area contributed by atoms with Crippen LogP contribution in [0.5, 0.6) is 5.75 Å². The van der Waals surface area contributed by atoms with E-state index in [1.165, 1.54) is 30.4 Å². The molecule has 1 aliphatic heterocycles. The normalized spacial score (nSPS) is 14.2. The molecule has 0 spiro atoms. The summed E-state index contributed by atoms with van der Waals surface area (Å²) in [6.07, 6.45) is 8.91. The van der Waals surface area contributed by atoms with E-state index in [-0.39, 0.29) is 10.6 Å². The van der Waals surface area contributed by atoms with Crippen LogP contribution in [0.4, 0.5) is 5.69 Å². The Bertz CT molecular complexity index is 834. The molecule has 0 radical (unpaired) electrons. The molecule has 0 saturated carbocycles. The Balaban J connectivity index is 1.70. The number of hydrogen-bond donors (Lipinski definition) is 1. The van der Waals surface area contributed by atoms with Gasteiger partial charge in [0.15, 0.2) is 0 Å². The van der Waals surface area contributed by atoms with E-state index in [1.807, 2.05) is 24.3 Å². The number of nitrogens with one attached hydrogen (secondary N) is 1. The molecule has 0 atom stereocenters. The lowest BCUT2D eigenvalue weighted by atomic mass is 10.1. The number of aromatic nitrogens is 2. The minimum atomic E-state index is -0.321. The van der Waals surface area contributed by atoms with Crippen molar-refractivity contribution < 1.29 is 4.74 Å². The first-order valence-corrected chi connectivity index (χ1v) is 11.1. The molecule has 1 N–H and O–H groups in total. The van der Waals surface area contributed by atoms with Crippen molar-refractivity contribution in [3.63, 3.8) is 0 Å². The summed E-state index contributed by atoms with van der Waals surface area (Å²) in [5.41, 5.74) is 0.996. The first-order valence-electron chi connectivity index (χ1n) is 10.7. The van der Waals surface area contributed by atoms with Crippen LogP contribution >= 0.6 is 11.6 Å². The molecular weight excluding hydrogens is 388 g/mol. The van der Waals surface area contributed by atoms with Crippen molar-refractivity contribution in [2.75, 3.05) is 37.7 Å². The molecule has 3 rings (SSSR count). The molecule has 0 aliphatic carbocycles. The Morgan fingerprint density at radius 2 is 1.79 bits per heavy atom. The number of piperazine rings is 1. The Morgan fingerprint density at radius 1 is 1.07 bits per heavy atom. The third kappa shape index (κ3) is 5.73. The van der Waals surface area contributed by atoms with E-state index in [1.54, 1.807) is 6.20 Å². The minimum absolute atomic E-state index is 0.202. The standard InChI is InChI=1S/C22H31ClN4O2/c1-2-3-4-5-6-9-16-29-20-11-8-7-10-18(20)27-22(28)21(23)19(17-25-27)26-14-12-24-13-15-26/h7-8,10-11,17,24H,2-6,9,12-16H2,1H3. The molecule has 2 aromatic rings. The zero-order valence-corrected chi connectivity index (χ0v) is 18.0. The number of halogens is 1. The Kier molecular flexibility index (Phi) is 8.38. The van der Waals surface area contributed by atoms with Crippen LogP contribution in [0.3, 0.4) is 0 Å². The lowest BCUT2D eigenvalue weighted by molar-refractivity contribution is 0.302. The zero-order chi connectivity index (χ0) is 20.5. The molecule has 7 heteroatoms. The fourth-order valence-corrected chi connectivity index (χ4v) is 3.79. The number of nitrogens with zero attached hydrogens (tertiary/aromatic N) is 3. The highest BCUT2D eigenvalue weighted by Gasteiger charge is 2.19. The monoisotopic (exact) mass is 418 g/mol. The Labute approximate surface area is 177 Å². The van der Waals surface area contributed by atoms with Gasteiger partial charge in [0, 0.05) is 26.2 Å². The summed E-state index contributed by atoms with van der Waals surface area (Å²) in [6.45, 7) is 6.21. The molecule has 0 bridgehead atoms. The van der Waals surface area contributed by atoms with Crippen LogP contribution in [0.1, 0.15) is 45.4 Å². The van der Waals surface area contributed by atoms with Gasteiger partial charge in [0.1, 0.15) is 16.5 Å². The molecule has 1 fully saturated rings. The largest absolute Gasteiger partial charge is 0.491 e. The van der Waals surface area contributed by atoms with Gasteiger partial charge in [0.05, 0.1) is 18.5 Å². The summed E-state index contributed by atoms with van der Waals surface area (Å²) in [5, 5.41) is 7.90. The van der Waals surface area contributed by atoms with Crippen LogP contribution in [0.25, 0.3) is 5.69 Å². The highest BCUT2D eigenvalue weighted by Crippen LogP contribution is 2.25. The molecule has 1 saturated heterocycles. The lowest BCUT2D eigenvalue weighted by Gasteiger charge is -2.29. The summed E-state index contributed by atoms with van der Waals surface area (Å²) >= 11 is 6.44. The van der Waals surface area contributed by atoms with Gasteiger partial charge in [-0.25, -0.2) is 0 Å². The van der Waals surface area contributed by atoms with Crippen molar-refractivity contribution in [2.45, 2.75) is 45.4 Å². The van der Waals surface area contributed by atoms with Crippen LogP contribution in [-0.2, 0) is 0 Å². The number of benzene rings is 1. The van der Waals surface area contributed by atoms with Crippen molar-refractivity contribution in [3.8, 4) is 11.4 Å². The second kappa shape index (κ2) is 11.2. The maximum absolute atomic E-state index is 12.9. The first kappa shape index (κ1) is 21.7. The van der Waals surface area contributed by atoms with Gasteiger partial charge in [-0.3, -0.25) is 4.79 Å². The third-order valence-corrected chi connectivity index (χ3v) is 5.56. The topological polar surface area (TPSA) is 59.4 Å². The van der Waals surface area contributed by atoms with Crippen molar-refractivity contribution in [1.82, 2.24) is 15.1 Å². The summed E-state index contributed by atoms with van der Waals surface area (Å²) in [4.78, 5) is 15.0. The fourth-order valence-electron chi connectivity index (χ4n) is 3.54. The summed E-state index contributed by atoms with van der Waals surface area (Å²) in [7, 11) is 0. The van der Waals surface area contributed by atoms with Gasteiger partial charge >= 0.3 is 0 Å². The van der Waals surface area contributed by atoms with E-state index in [9.17, 15) is 4.79 Å². The highest BCUT2D eigenvalue weighted by atomic mass is 35.5. The van der Waals surface area contributed by atoms with E-state index in [2.05, 4.69) is 22.2 Å². The van der Waals surface area contributed by atoms with E-state index in [4.69, 9.17) is 16.3 Å². The molecule has 0 unspecified atom stereocenters. The number of unbranched alkanes of at least 4 members (excludes halogenated alkanes) is 5. The number of ether oxygens (including phenoxy) is 1. The molecule has 1 aliphatic rings. The van der Waals surface area contributed by atoms with Crippen LogP contribution < -0.4 is 20.5 Å². The number of anilines is 1. The average Bonchev–Trinajstić information content (AvgIpc) is 2.76. The molecule has 6 nitrogen and oxygen atoms in total. The van der Waals surface area contributed by atoms with E-state index in [0.717, 1.165) is 39.0 Å². The first-order chi connectivity index (χ1) is 14.2. The number of rotatable bonds is 10.